The smallest absolute Gasteiger partial charge is 0.262 e. The molecule has 1 aromatic rings. The summed E-state index contributed by atoms with van der Waals surface area (Å²) < 4.78 is 0. The van der Waals surface area contributed by atoms with Crippen molar-refractivity contribution in [1.29, 1.82) is 15.8 Å². The lowest BCUT2D eigenvalue weighted by Gasteiger charge is -2.27. The van der Waals surface area contributed by atoms with Crippen LogP contribution in [0.25, 0.3) is 0 Å². The van der Waals surface area contributed by atoms with Gasteiger partial charge in [-0.1, -0.05) is 0 Å². The molecule has 0 bridgehead atoms. The third-order valence-corrected chi connectivity index (χ3v) is 4.29. The van der Waals surface area contributed by atoms with Crippen molar-refractivity contribution >= 4 is 29.3 Å². The fourth-order valence-electron chi connectivity index (χ4n) is 2.98. The van der Waals surface area contributed by atoms with Crippen molar-refractivity contribution in [2.24, 2.45) is 0 Å². The number of hydrogen-bond donors (Lipinski definition) is 2. The highest BCUT2D eigenvalue weighted by atomic mass is 16.2. The molecule has 28 heavy (non-hydrogen) atoms. The van der Waals surface area contributed by atoms with Gasteiger partial charge in [0.25, 0.3) is 11.8 Å². The fraction of sp³-hybridized carbons (Fsp3) is 0.167. The van der Waals surface area contributed by atoms with Crippen molar-refractivity contribution < 1.29 is 19.2 Å². The van der Waals surface area contributed by atoms with E-state index >= 15 is 0 Å². The van der Waals surface area contributed by atoms with Gasteiger partial charge in [0.1, 0.15) is 29.9 Å². The molecular formula is C18H10N6O4. The summed E-state index contributed by atoms with van der Waals surface area (Å²) in [5.74, 6) is -2.55. The van der Waals surface area contributed by atoms with Crippen molar-refractivity contribution in [2.45, 2.75) is 18.9 Å². The van der Waals surface area contributed by atoms with E-state index in [1.54, 1.807) is 18.2 Å². The van der Waals surface area contributed by atoms with Crippen LogP contribution in [0.2, 0.25) is 0 Å². The Bertz CT molecular complexity index is 1080. The van der Waals surface area contributed by atoms with E-state index in [1.807, 2.05) is 0 Å². The first-order chi connectivity index (χ1) is 13.4. The maximum absolute atomic E-state index is 12.7. The van der Waals surface area contributed by atoms with E-state index in [2.05, 4.69) is 10.6 Å². The molecule has 10 nitrogen and oxygen atoms in total. The molecule has 1 saturated heterocycles. The Morgan fingerprint density at radius 3 is 2.32 bits per heavy atom. The van der Waals surface area contributed by atoms with Crippen LogP contribution in [0.15, 0.2) is 29.5 Å². The number of allylic oxidation sites excluding steroid dienone is 2. The van der Waals surface area contributed by atoms with E-state index in [9.17, 15) is 19.2 Å². The second-order valence-electron chi connectivity index (χ2n) is 5.92. The van der Waals surface area contributed by atoms with E-state index in [0.717, 1.165) is 4.90 Å². The highest BCUT2D eigenvalue weighted by Gasteiger charge is 2.44. The number of fused-ring (bicyclic) bond motifs is 1. The van der Waals surface area contributed by atoms with E-state index in [1.165, 1.54) is 18.2 Å². The SMILES string of the molecule is N#CC(C#N)=C(C#N)Nc1ccc2c(c1)C(=O)N(C1CCC(=O)NC1=O)C2=O. The molecule has 0 saturated carbocycles. The quantitative estimate of drug-likeness (QED) is 0.563. The predicted octanol–water partition coefficient (Wildman–Crippen LogP) is 0.325. The molecule has 1 unspecified atom stereocenters. The molecule has 2 aliphatic rings. The molecule has 136 valence electrons. The van der Waals surface area contributed by atoms with Crippen LogP contribution in [0.4, 0.5) is 5.69 Å². The van der Waals surface area contributed by atoms with Gasteiger partial charge >= 0.3 is 0 Å². The van der Waals surface area contributed by atoms with Crippen molar-refractivity contribution in [3.05, 3.63) is 40.6 Å². The van der Waals surface area contributed by atoms with Crippen molar-refractivity contribution in [3.63, 3.8) is 0 Å². The van der Waals surface area contributed by atoms with Crippen LogP contribution in [0.5, 0.6) is 0 Å². The Labute approximate surface area is 158 Å². The van der Waals surface area contributed by atoms with Crippen molar-refractivity contribution in [1.82, 2.24) is 10.2 Å². The normalized spacial score (nSPS) is 17.8. The van der Waals surface area contributed by atoms with E-state index in [-0.39, 0.29) is 35.4 Å². The van der Waals surface area contributed by atoms with Gasteiger partial charge in [-0.2, -0.15) is 15.8 Å². The minimum absolute atomic E-state index is 0.00690. The van der Waals surface area contributed by atoms with Gasteiger partial charge in [0.15, 0.2) is 5.57 Å². The second kappa shape index (κ2) is 7.02. The minimum atomic E-state index is -1.08. The summed E-state index contributed by atoms with van der Waals surface area (Å²) >= 11 is 0. The molecule has 0 spiro atoms. The summed E-state index contributed by atoms with van der Waals surface area (Å²) in [5, 5.41) is 31.5. The molecule has 2 aliphatic heterocycles. The molecular weight excluding hydrogens is 364 g/mol. The molecule has 2 heterocycles. The summed E-state index contributed by atoms with van der Waals surface area (Å²) in [6.45, 7) is 0. The zero-order valence-corrected chi connectivity index (χ0v) is 14.1. The number of amides is 4. The third-order valence-electron chi connectivity index (χ3n) is 4.29. The van der Waals surface area contributed by atoms with Gasteiger partial charge in [-0.15, -0.1) is 0 Å². The lowest BCUT2D eigenvalue weighted by atomic mass is 10.0. The Hall–Kier alpha value is -4.49. The van der Waals surface area contributed by atoms with Crippen LogP contribution in [0.3, 0.4) is 0 Å². The zero-order chi connectivity index (χ0) is 20.4. The van der Waals surface area contributed by atoms with Crippen LogP contribution in [0, 0.1) is 34.0 Å². The Morgan fingerprint density at radius 1 is 1.04 bits per heavy atom. The van der Waals surface area contributed by atoms with Gasteiger partial charge in [-0.3, -0.25) is 29.4 Å². The maximum atomic E-state index is 12.7. The van der Waals surface area contributed by atoms with E-state index in [4.69, 9.17) is 15.8 Å². The topological polar surface area (TPSA) is 167 Å². The van der Waals surface area contributed by atoms with Gasteiger partial charge in [0.05, 0.1) is 11.1 Å². The highest BCUT2D eigenvalue weighted by molar-refractivity contribution is 6.23. The van der Waals surface area contributed by atoms with E-state index < -0.39 is 35.2 Å². The first kappa shape index (κ1) is 18.3. The molecule has 2 N–H and O–H groups in total. The summed E-state index contributed by atoms with van der Waals surface area (Å²) in [6, 6.07) is 7.81. The van der Waals surface area contributed by atoms with Gasteiger partial charge < -0.3 is 5.32 Å². The van der Waals surface area contributed by atoms with Gasteiger partial charge in [-0.05, 0) is 24.6 Å². The van der Waals surface area contributed by atoms with E-state index in [0.29, 0.717) is 0 Å². The first-order valence-electron chi connectivity index (χ1n) is 7.98. The average molecular weight is 374 g/mol. The monoisotopic (exact) mass is 374 g/mol. The van der Waals surface area contributed by atoms with Gasteiger partial charge in [0.2, 0.25) is 11.8 Å². The molecule has 3 rings (SSSR count). The number of anilines is 1. The number of nitriles is 3. The highest BCUT2D eigenvalue weighted by Crippen LogP contribution is 2.30. The standard InChI is InChI=1S/C18H10N6O4/c19-6-9(7-20)13(8-21)22-10-1-2-11-12(5-10)18(28)24(17(11)27)14-3-4-15(25)23-16(14)26/h1-2,5,14,22H,3-4H2,(H,23,25,26). The Balaban J connectivity index is 1.93. The number of nitrogens with one attached hydrogen (secondary N) is 2. The number of rotatable bonds is 3. The molecule has 1 fully saturated rings. The van der Waals surface area contributed by atoms with Crippen LogP contribution >= 0.6 is 0 Å². The average Bonchev–Trinajstić information content (AvgIpc) is 2.92. The molecule has 1 aromatic carbocycles. The number of carbonyl (C=O) groups is 4. The molecule has 0 radical (unpaired) electrons. The summed E-state index contributed by atoms with van der Waals surface area (Å²) in [6.07, 6.45) is 0.0499. The lowest BCUT2D eigenvalue weighted by Crippen LogP contribution is -2.54. The summed E-state index contributed by atoms with van der Waals surface area (Å²) in [7, 11) is 0. The minimum Gasteiger partial charge on any atom is -0.345 e. The van der Waals surface area contributed by atoms with Crippen molar-refractivity contribution in [3.8, 4) is 18.2 Å². The van der Waals surface area contributed by atoms with Crippen LogP contribution in [-0.4, -0.2) is 34.6 Å². The molecule has 10 heteroatoms. The summed E-state index contributed by atoms with van der Waals surface area (Å²) in [4.78, 5) is 49.4. The number of hydrogen-bond acceptors (Lipinski definition) is 8. The lowest BCUT2D eigenvalue weighted by molar-refractivity contribution is -0.136. The predicted molar refractivity (Wildman–Crippen MR) is 90.6 cm³/mol. The maximum Gasteiger partial charge on any atom is 0.262 e. The Kier molecular flexibility index (Phi) is 4.59. The molecule has 0 aromatic heterocycles. The van der Waals surface area contributed by atoms with Gasteiger partial charge in [-0.25, -0.2) is 0 Å². The van der Waals surface area contributed by atoms with Crippen molar-refractivity contribution in [2.75, 3.05) is 5.32 Å². The third kappa shape index (κ3) is 2.94. The zero-order valence-electron chi connectivity index (χ0n) is 14.1. The second-order valence-corrected chi connectivity index (χ2v) is 5.92. The van der Waals surface area contributed by atoms with Crippen LogP contribution in [-0.2, 0) is 9.59 Å². The molecule has 1 atom stereocenters. The first-order valence-corrected chi connectivity index (χ1v) is 7.98. The number of carbonyl (C=O) groups excluding carboxylic acids is 4. The number of piperidine rings is 1. The Morgan fingerprint density at radius 2 is 1.71 bits per heavy atom. The number of nitrogens with zero attached hydrogens (tertiary/aromatic N) is 4. The van der Waals surface area contributed by atoms with Crippen LogP contribution < -0.4 is 10.6 Å². The largest absolute Gasteiger partial charge is 0.345 e. The number of imide groups is 2. The van der Waals surface area contributed by atoms with Gasteiger partial charge in [0, 0.05) is 12.1 Å². The summed E-state index contributed by atoms with van der Waals surface area (Å²) in [5.41, 5.74) is -0.445. The number of benzene rings is 1. The van der Waals surface area contributed by atoms with Crippen LogP contribution in [0.1, 0.15) is 33.6 Å². The molecule has 4 amide bonds. The fourth-order valence-corrected chi connectivity index (χ4v) is 2.98. The molecule has 0 aliphatic carbocycles.